The topological polar surface area (TPSA) is 46.5 Å². The molecule has 0 aliphatic heterocycles. The lowest BCUT2D eigenvalue weighted by atomic mass is 10.0. The van der Waals surface area contributed by atoms with Gasteiger partial charge in [-0.3, -0.25) is 0 Å². The Morgan fingerprint density at radius 1 is 1.44 bits per heavy atom. The molecule has 3 nitrogen and oxygen atoms in total. The Balaban J connectivity index is 3.22. The maximum Gasteiger partial charge on any atom is 0.339 e. The molecule has 1 N–H and O–H groups in total. The normalized spacial score (nSPS) is 12.6. The van der Waals surface area contributed by atoms with E-state index in [4.69, 9.17) is 0 Å². The summed E-state index contributed by atoms with van der Waals surface area (Å²) in [5.41, 5.74) is -1.47. The summed E-state index contributed by atoms with van der Waals surface area (Å²) in [6.45, 7) is 0. The largest absolute Gasteiger partial charge is 0.467 e. The first-order chi connectivity index (χ1) is 7.49. The third-order valence-electron chi connectivity index (χ3n) is 2.02. The molecule has 1 unspecified atom stereocenters. The molecule has 88 valence electrons. The highest BCUT2D eigenvalue weighted by Crippen LogP contribution is 2.30. The van der Waals surface area contributed by atoms with Crippen molar-refractivity contribution in [2.75, 3.05) is 7.11 Å². The SMILES string of the molecule is COC(=O)C(O)c1cccc(F)c1C(F)F. The Kier molecular flexibility index (Phi) is 3.89. The van der Waals surface area contributed by atoms with E-state index in [-0.39, 0.29) is 0 Å². The van der Waals surface area contributed by atoms with Gasteiger partial charge >= 0.3 is 5.97 Å². The molecular weight excluding hydrogens is 225 g/mol. The van der Waals surface area contributed by atoms with E-state index < -0.39 is 35.4 Å². The maximum atomic E-state index is 13.1. The number of benzene rings is 1. The summed E-state index contributed by atoms with van der Waals surface area (Å²) in [6, 6.07) is 3.00. The molecule has 1 aromatic carbocycles. The molecule has 0 spiro atoms. The molecule has 0 fully saturated rings. The Bertz CT molecular complexity index is 393. The van der Waals surface area contributed by atoms with E-state index in [1.807, 2.05) is 0 Å². The van der Waals surface area contributed by atoms with Gasteiger partial charge in [0.25, 0.3) is 6.43 Å². The quantitative estimate of drug-likeness (QED) is 0.813. The number of aliphatic hydroxyl groups excluding tert-OH is 1. The van der Waals surface area contributed by atoms with Crippen molar-refractivity contribution in [1.29, 1.82) is 0 Å². The molecule has 0 aliphatic rings. The van der Waals surface area contributed by atoms with Crippen LogP contribution in [0.5, 0.6) is 0 Å². The van der Waals surface area contributed by atoms with Crippen LogP contribution in [0.3, 0.4) is 0 Å². The predicted molar refractivity (Wildman–Crippen MR) is 48.3 cm³/mol. The van der Waals surface area contributed by atoms with Crippen LogP contribution in [-0.2, 0) is 9.53 Å². The Labute approximate surface area is 89.5 Å². The Hall–Kier alpha value is -1.56. The van der Waals surface area contributed by atoms with Gasteiger partial charge in [-0.15, -0.1) is 0 Å². The summed E-state index contributed by atoms with van der Waals surface area (Å²) in [5, 5.41) is 9.37. The first-order valence-electron chi connectivity index (χ1n) is 4.31. The molecule has 1 aromatic rings. The molecule has 0 saturated heterocycles. The van der Waals surface area contributed by atoms with Crippen LogP contribution in [-0.4, -0.2) is 18.2 Å². The van der Waals surface area contributed by atoms with Crippen LogP contribution in [0.4, 0.5) is 13.2 Å². The van der Waals surface area contributed by atoms with E-state index in [0.29, 0.717) is 0 Å². The summed E-state index contributed by atoms with van der Waals surface area (Å²) in [6.07, 6.45) is -5.03. The van der Waals surface area contributed by atoms with E-state index in [0.717, 1.165) is 25.3 Å². The van der Waals surface area contributed by atoms with Crippen molar-refractivity contribution in [2.24, 2.45) is 0 Å². The molecule has 0 bridgehead atoms. The summed E-state index contributed by atoms with van der Waals surface area (Å²) in [7, 11) is 0.993. The van der Waals surface area contributed by atoms with Gasteiger partial charge in [0, 0.05) is 5.56 Å². The van der Waals surface area contributed by atoms with E-state index in [9.17, 15) is 23.1 Å². The molecule has 0 saturated carbocycles. The summed E-state index contributed by atoms with van der Waals surface area (Å²) in [4.78, 5) is 11.0. The molecule has 0 aliphatic carbocycles. The van der Waals surface area contributed by atoms with Crippen LogP contribution in [0, 0.1) is 5.82 Å². The van der Waals surface area contributed by atoms with Crippen molar-refractivity contribution in [3.05, 3.63) is 35.1 Å². The van der Waals surface area contributed by atoms with Gasteiger partial charge in [-0.05, 0) is 6.07 Å². The van der Waals surface area contributed by atoms with Crippen LogP contribution in [0.25, 0.3) is 0 Å². The predicted octanol–water partition coefficient (Wildman–Crippen LogP) is 1.97. The number of aliphatic hydroxyl groups is 1. The zero-order chi connectivity index (χ0) is 12.3. The monoisotopic (exact) mass is 234 g/mol. The minimum atomic E-state index is -3.12. The van der Waals surface area contributed by atoms with Gasteiger partial charge < -0.3 is 9.84 Å². The number of hydrogen-bond acceptors (Lipinski definition) is 3. The van der Waals surface area contributed by atoms with E-state index >= 15 is 0 Å². The standard InChI is InChI=1S/C10H9F3O3/c1-16-10(15)8(14)5-3-2-4-6(11)7(5)9(12)13/h2-4,8-9,14H,1H3. The Morgan fingerprint density at radius 2 is 2.06 bits per heavy atom. The second kappa shape index (κ2) is 4.98. The van der Waals surface area contributed by atoms with Crippen LogP contribution >= 0.6 is 0 Å². The summed E-state index contributed by atoms with van der Waals surface area (Å²) < 4.78 is 42.3. The zero-order valence-corrected chi connectivity index (χ0v) is 8.28. The minimum Gasteiger partial charge on any atom is -0.467 e. The van der Waals surface area contributed by atoms with E-state index in [2.05, 4.69) is 4.74 Å². The fourth-order valence-corrected chi connectivity index (χ4v) is 1.26. The molecule has 16 heavy (non-hydrogen) atoms. The number of rotatable bonds is 3. The number of esters is 1. The minimum absolute atomic E-state index is 0.484. The van der Waals surface area contributed by atoms with E-state index in [1.165, 1.54) is 0 Å². The first-order valence-corrected chi connectivity index (χ1v) is 4.31. The second-order valence-electron chi connectivity index (χ2n) is 2.97. The number of hydrogen-bond donors (Lipinski definition) is 1. The van der Waals surface area contributed by atoms with Crippen LogP contribution in [0.15, 0.2) is 18.2 Å². The van der Waals surface area contributed by atoms with Gasteiger partial charge in [0.2, 0.25) is 0 Å². The zero-order valence-electron chi connectivity index (χ0n) is 8.28. The average Bonchev–Trinajstić information content (AvgIpc) is 2.26. The average molecular weight is 234 g/mol. The van der Waals surface area contributed by atoms with Gasteiger partial charge in [-0.1, -0.05) is 12.1 Å². The van der Waals surface area contributed by atoms with Crippen molar-refractivity contribution >= 4 is 5.97 Å². The fraction of sp³-hybridized carbons (Fsp3) is 0.300. The number of carbonyl (C=O) groups is 1. The van der Waals surface area contributed by atoms with Gasteiger partial charge in [0.15, 0.2) is 6.10 Å². The first kappa shape index (κ1) is 12.5. The molecule has 0 amide bonds. The molecule has 0 radical (unpaired) electrons. The van der Waals surface area contributed by atoms with Crippen LogP contribution < -0.4 is 0 Å². The molecular formula is C10H9F3O3. The maximum absolute atomic E-state index is 13.1. The van der Waals surface area contributed by atoms with Crippen LogP contribution in [0.1, 0.15) is 23.7 Å². The smallest absolute Gasteiger partial charge is 0.339 e. The molecule has 0 heterocycles. The highest BCUT2D eigenvalue weighted by molar-refractivity contribution is 5.76. The third kappa shape index (κ3) is 2.33. The Morgan fingerprint density at radius 3 is 2.56 bits per heavy atom. The van der Waals surface area contributed by atoms with Crippen molar-refractivity contribution in [3.63, 3.8) is 0 Å². The number of alkyl halides is 2. The number of methoxy groups -OCH3 is 1. The lowest BCUT2D eigenvalue weighted by Gasteiger charge is -2.13. The van der Waals surface area contributed by atoms with Gasteiger partial charge in [0.05, 0.1) is 12.7 Å². The molecule has 0 aromatic heterocycles. The lowest BCUT2D eigenvalue weighted by molar-refractivity contribution is -0.150. The fourth-order valence-electron chi connectivity index (χ4n) is 1.26. The van der Waals surface area contributed by atoms with Gasteiger partial charge in [0.1, 0.15) is 5.82 Å². The van der Waals surface area contributed by atoms with Gasteiger partial charge in [-0.2, -0.15) is 0 Å². The van der Waals surface area contributed by atoms with Crippen molar-refractivity contribution in [2.45, 2.75) is 12.5 Å². The number of ether oxygens (including phenoxy) is 1. The van der Waals surface area contributed by atoms with Crippen molar-refractivity contribution < 1.29 is 27.8 Å². The molecule has 1 atom stereocenters. The van der Waals surface area contributed by atoms with Crippen molar-refractivity contribution in [1.82, 2.24) is 0 Å². The van der Waals surface area contributed by atoms with Gasteiger partial charge in [-0.25, -0.2) is 18.0 Å². The summed E-state index contributed by atoms with van der Waals surface area (Å²) >= 11 is 0. The second-order valence-corrected chi connectivity index (χ2v) is 2.97. The van der Waals surface area contributed by atoms with E-state index in [1.54, 1.807) is 0 Å². The van der Waals surface area contributed by atoms with Crippen molar-refractivity contribution in [3.8, 4) is 0 Å². The highest BCUT2D eigenvalue weighted by atomic mass is 19.3. The highest BCUT2D eigenvalue weighted by Gasteiger charge is 2.27. The molecule has 6 heteroatoms. The third-order valence-corrected chi connectivity index (χ3v) is 2.02. The van der Waals surface area contributed by atoms with Crippen LogP contribution in [0.2, 0.25) is 0 Å². The number of halogens is 3. The lowest BCUT2D eigenvalue weighted by Crippen LogP contribution is -2.16. The summed E-state index contributed by atoms with van der Waals surface area (Å²) in [5.74, 6) is -2.29. The molecule has 1 rings (SSSR count). The number of carbonyl (C=O) groups excluding carboxylic acids is 1.